The van der Waals surface area contributed by atoms with Gasteiger partial charge < -0.3 is 5.32 Å². The Morgan fingerprint density at radius 2 is 1.70 bits per heavy atom. The van der Waals surface area contributed by atoms with Crippen molar-refractivity contribution in [3.63, 3.8) is 0 Å². The van der Waals surface area contributed by atoms with Gasteiger partial charge in [0.2, 0.25) is 5.91 Å². The highest BCUT2D eigenvalue weighted by Crippen LogP contribution is 2.42. The van der Waals surface area contributed by atoms with Crippen molar-refractivity contribution in [1.29, 1.82) is 0 Å². The molecule has 0 unspecified atom stereocenters. The summed E-state index contributed by atoms with van der Waals surface area (Å²) < 4.78 is 12.9. The lowest BCUT2D eigenvalue weighted by molar-refractivity contribution is -0.116. The van der Waals surface area contributed by atoms with Gasteiger partial charge in [0.15, 0.2) is 0 Å². The van der Waals surface area contributed by atoms with E-state index in [-0.39, 0.29) is 17.3 Å². The third-order valence-corrected chi connectivity index (χ3v) is 5.60. The van der Waals surface area contributed by atoms with Crippen LogP contribution in [-0.4, -0.2) is 24.9 Å². The Hall–Kier alpha value is -2.46. The van der Waals surface area contributed by atoms with E-state index in [4.69, 9.17) is 0 Å². The number of halogens is 1. The maximum atomic E-state index is 12.9. The Morgan fingerprint density at radius 3 is 2.30 bits per heavy atom. The minimum atomic E-state index is -0.266. The Labute approximate surface area is 160 Å². The molecule has 1 aliphatic carbocycles. The highest BCUT2D eigenvalue weighted by molar-refractivity contribution is 5.88. The van der Waals surface area contributed by atoms with E-state index < -0.39 is 0 Å². The molecule has 0 radical (unpaired) electrons. The number of benzene rings is 2. The van der Waals surface area contributed by atoms with Crippen molar-refractivity contribution < 1.29 is 9.18 Å². The molecule has 142 valence electrons. The summed E-state index contributed by atoms with van der Waals surface area (Å²) >= 11 is 0. The predicted molar refractivity (Wildman–Crippen MR) is 107 cm³/mol. The molecule has 4 heteroatoms. The van der Waals surface area contributed by atoms with Crippen LogP contribution in [0.5, 0.6) is 0 Å². The summed E-state index contributed by atoms with van der Waals surface area (Å²) in [6, 6.07) is 16.8. The fourth-order valence-electron chi connectivity index (χ4n) is 3.90. The Morgan fingerprint density at radius 1 is 1.07 bits per heavy atom. The summed E-state index contributed by atoms with van der Waals surface area (Å²) in [5, 5.41) is 2.89. The lowest BCUT2D eigenvalue weighted by Crippen LogP contribution is -2.43. The number of hydrogen-bond acceptors (Lipinski definition) is 2. The van der Waals surface area contributed by atoms with Crippen molar-refractivity contribution >= 4 is 5.91 Å². The van der Waals surface area contributed by atoms with Crippen LogP contribution in [0.15, 0.2) is 66.2 Å². The number of hydrogen-bond donors (Lipinski definition) is 1. The van der Waals surface area contributed by atoms with Crippen LogP contribution in [0.1, 0.15) is 36.8 Å². The Kier molecular flexibility index (Phi) is 6.07. The Bertz CT molecular complexity index is 787. The van der Waals surface area contributed by atoms with Crippen LogP contribution in [0.25, 0.3) is 0 Å². The molecule has 0 aromatic heterocycles. The van der Waals surface area contributed by atoms with Crippen molar-refractivity contribution in [2.75, 3.05) is 14.1 Å². The molecule has 0 spiro atoms. The summed E-state index contributed by atoms with van der Waals surface area (Å²) in [6.07, 6.45) is 5.57. The van der Waals surface area contributed by atoms with Gasteiger partial charge in [-0.05, 0) is 63.0 Å². The standard InChI is InChI=1S/C23H27FN2O/c1-26(2)23(20-6-4-3-5-7-20)14-12-18(13-15-23)16-22(27)25-17-19-8-10-21(24)11-9-19/h3-11,16H,12-15,17H2,1-2H3,(H,25,27). The average molecular weight is 366 g/mol. The molecular formula is C23H27FN2O. The number of allylic oxidation sites excluding steroid dienone is 1. The lowest BCUT2D eigenvalue weighted by Gasteiger charge is -2.44. The van der Waals surface area contributed by atoms with Gasteiger partial charge in [-0.25, -0.2) is 4.39 Å². The molecule has 0 saturated heterocycles. The van der Waals surface area contributed by atoms with Gasteiger partial charge in [0.25, 0.3) is 0 Å². The third kappa shape index (κ3) is 4.64. The zero-order chi connectivity index (χ0) is 19.3. The number of nitrogens with zero attached hydrogens (tertiary/aromatic N) is 1. The number of carbonyl (C=O) groups excluding carboxylic acids is 1. The summed E-state index contributed by atoms with van der Waals surface area (Å²) in [6.45, 7) is 0.411. The molecule has 1 fully saturated rings. The molecule has 1 saturated carbocycles. The van der Waals surface area contributed by atoms with Crippen molar-refractivity contribution in [2.24, 2.45) is 0 Å². The molecule has 3 rings (SSSR count). The fraction of sp³-hybridized carbons (Fsp3) is 0.348. The second-order valence-corrected chi connectivity index (χ2v) is 7.44. The van der Waals surface area contributed by atoms with Crippen LogP contribution in [0, 0.1) is 5.82 Å². The maximum absolute atomic E-state index is 12.9. The van der Waals surface area contributed by atoms with Crippen LogP contribution < -0.4 is 5.32 Å². The van der Waals surface area contributed by atoms with Crippen LogP contribution in [-0.2, 0) is 16.9 Å². The average Bonchev–Trinajstić information content (AvgIpc) is 2.69. The van der Waals surface area contributed by atoms with Crippen molar-refractivity contribution in [1.82, 2.24) is 10.2 Å². The summed E-state index contributed by atoms with van der Waals surface area (Å²) in [5.41, 5.74) is 3.46. The number of nitrogens with one attached hydrogen (secondary N) is 1. The number of rotatable bonds is 5. The SMILES string of the molecule is CN(C)C1(c2ccccc2)CCC(=CC(=O)NCc2ccc(F)cc2)CC1. The summed E-state index contributed by atoms with van der Waals surface area (Å²) in [5.74, 6) is -0.344. The zero-order valence-corrected chi connectivity index (χ0v) is 16.0. The van der Waals surface area contributed by atoms with E-state index in [1.807, 2.05) is 6.07 Å². The van der Waals surface area contributed by atoms with Gasteiger partial charge in [0.1, 0.15) is 5.82 Å². The van der Waals surface area contributed by atoms with Gasteiger partial charge in [-0.2, -0.15) is 0 Å². The minimum absolute atomic E-state index is 0.0309. The minimum Gasteiger partial charge on any atom is -0.348 e. The normalized spacial score (nSPS) is 19.8. The Balaban J connectivity index is 1.60. The first-order chi connectivity index (χ1) is 13.0. The van der Waals surface area contributed by atoms with E-state index in [9.17, 15) is 9.18 Å². The van der Waals surface area contributed by atoms with E-state index in [0.29, 0.717) is 6.54 Å². The van der Waals surface area contributed by atoms with Crippen molar-refractivity contribution in [3.8, 4) is 0 Å². The molecular weight excluding hydrogens is 339 g/mol. The van der Waals surface area contributed by atoms with E-state index in [1.54, 1.807) is 18.2 Å². The van der Waals surface area contributed by atoms with Crippen LogP contribution in [0.3, 0.4) is 0 Å². The van der Waals surface area contributed by atoms with Crippen molar-refractivity contribution in [2.45, 2.75) is 37.8 Å². The molecule has 1 N–H and O–H groups in total. The first-order valence-corrected chi connectivity index (χ1v) is 9.44. The van der Waals surface area contributed by atoms with Gasteiger partial charge >= 0.3 is 0 Å². The smallest absolute Gasteiger partial charge is 0.244 e. The first kappa shape index (κ1) is 19.3. The van der Waals surface area contributed by atoms with Crippen LogP contribution in [0.2, 0.25) is 0 Å². The molecule has 0 atom stereocenters. The molecule has 0 aliphatic heterocycles. The highest BCUT2D eigenvalue weighted by atomic mass is 19.1. The molecule has 0 bridgehead atoms. The lowest BCUT2D eigenvalue weighted by atomic mass is 9.74. The van der Waals surface area contributed by atoms with Gasteiger partial charge in [0, 0.05) is 18.2 Å². The number of carbonyl (C=O) groups is 1. The van der Waals surface area contributed by atoms with Gasteiger partial charge in [-0.15, -0.1) is 0 Å². The van der Waals surface area contributed by atoms with Crippen LogP contribution in [0.4, 0.5) is 4.39 Å². The molecule has 27 heavy (non-hydrogen) atoms. The van der Waals surface area contributed by atoms with Gasteiger partial charge in [-0.1, -0.05) is 48.0 Å². The highest BCUT2D eigenvalue weighted by Gasteiger charge is 2.37. The summed E-state index contributed by atoms with van der Waals surface area (Å²) in [4.78, 5) is 14.6. The maximum Gasteiger partial charge on any atom is 0.244 e. The molecule has 1 aliphatic rings. The fourth-order valence-corrected chi connectivity index (χ4v) is 3.90. The van der Waals surface area contributed by atoms with E-state index in [1.165, 1.54) is 23.3 Å². The molecule has 1 amide bonds. The number of amides is 1. The molecule has 2 aromatic carbocycles. The summed E-state index contributed by atoms with van der Waals surface area (Å²) in [7, 11) is 4.27. The molecule has 0 heterocycles. The molecule has 3 nitrogen and oxygen atoms in total. The second-order valence-electron chi connectivity index (χ2n) is 7.44. The zero-order valence-electron chi connectivity index (χ0n) is 16.0. The van der Waals surface area contributed by atoms with Gasteiger partial charge in [0.05, 0.1) is 0 Å². The quantitative estimate of drug-likeness (QED) is 0.796. The topological polar surface area (TPSA) is 32.3 Å². The first-order valence-electron chi connectivity index (χ1n) is 9.44. The third-order valence-electron chi connectivity index (χ3n) is 5.60. The van der Waals surface area contributed by atoms with Crippen LogP contribution >= 0.6 is 0 Å². The van der Waals surface area contributed by atoms with Gasteiger partial charge in [-0.3, -0.25) is 9.69 Å². The van der Waals surface area contributed by atoms with E-state index in [0.717, 1.165) is 31.2 Å². The van der Waals surface area contributed by atoms with E-state index >= 15 is 0 Å². The predicted octanol–water partition coefficient (Wildman–Crippen LogP) is 4.40. The van der Waals surface area contributed by atoms with E-state index in [2.05, 4.69) is 48.6 Å². The van der Waals surface area contributed by atoms with Crippen molar-refractivity contribution in [3.05, 3.63) is 83.2 Å². The largest absolute Gasteiger partial charge is 0.348 e. The second kappa shape index (κ2) is 8.49. The monoisotopic (exact) mass is 366 g/mol. The molecule has 2 aromatic rings.